The van der Waals surface area contributed by atoms with Crippen molar-refractivity contribution in [1.29, 1.82) is 0 Å². The Bertz CT molecular complexity index is 678. The molecule has 2 aromatic heterocycles. The van der Waals surface area contributed by atoms with Crippen LogP contribution in [-0.4, -0.2) is 56.0 Å². The largest absolute Gasteiger partial charge is 0.444 e. The second-order valence-corrected chi connectivity index (χ2v) is 6.72. The van der Waals surface area contributed by atoms with Gasteiger partial charge < -0.3 is 15.0 Å². The summed E-state index contributed by atoms with van der Waals surface area (Å²) in [4.78, 5) is 22.3. The highest BCUT2D eigenvalue weighted by atomic mass is 16.6. The van der Waals surface area contributed by atoms with Crippen LogP contribution < -0.4 is 5.32 Å². The van der Waals surface area contributed by atoms with Gasteiger partial charge in [-0.1, -0.05) is 6.07 Å². The molecule has 128 valence electrons. The molecule has 1 atom stereocenters. The third kappa shape index (κ3) is 3.88. The predicted octanol–water partition coefficient (Wildman–Crippen LogP) is 1.54. The van der Waals surface area contributed by atoms with Crippen LogP contribution in [-0.2, 0) is 4.74 Å². The molecule has 0 saturated carbocycles. The molecule has 1 unspecified atom stereocenters. The Kier molecular flexibility index (Phi) is 4.48. The first kappa shape index (κ1) is 16.4. The van der Waals surface area contributed by atoms with E-state index < -0.39 is 5.60 Å². The molecule has 1 N–H and O–H groups in total. The Morgan fingerprint density at radius 1 is 1.38 bits per heavy atom. The van der Waals surface area contributed by atoms with Gasteiger partial charge in [0.05, 0.1) is 6.04 Å². The SMILES string of the molecule is CC(C)(C)OC(=O)N1CCNC(c2ccc(-n3cncn3)nc2)C1. The highest BCUT2D eigenvalue weighted by Crippen LogP contribution is 2.19. The van der Waals surface area contributed by atoms with Gasteiger partial charge in [0.25, 0.3) is 0 Å². The molecule has 3 rings (SSSR count). The Labute approximate surface area is 140 Å². The molecule has 1 aliphatic heterocycles. The molecule has 0 spiro atoms. The molecule has 8 nitrogen and oxygen atoms in total. The van der Waals surface area contributed by atoms with Gasteiger partial charge in [0.15, 0.2) is 5.82 Å². The summed E-state index contributed by atoms with van der Waals surface area (Å²) >= 11 is 0. The van der Waals surface area contributed by atoms with E-state index in [0.29, 0.717) is 18.9 Å². The smallest absolute Gasteiger partial charge is 0.410 e. The molecule has 1 amide bonds. The number of rotatable bonds is 2. The number of aromatic nitrogens is 4. The van der Waals surface area contributed by atoms with Crippen LogP contribution in [0.2, 0.25) is 0 Å². The predicted molar refractivity (Wildman–Crippen MR) is 87.7 cm³/mol. The number of piperazine rings is 1. The molecular formula is C16H22N6O2. The average Bonchev–Trinajstić information content (AvgIpc) is 3.08. The van der Waals surface area contributed by atoms with Crippen molar-refractivity contribution in [3.8, 4) is 5.82 Å². The van der Waals surface area contributed by atoms with Crippen molar-refractivity contribution in [1.82, 2.24) is 30.0 Å². The summed E-state index contributed by atoms with van der Waals surface area (Å²) in [5.41, 5.74) is 0.533. The van der Waals surface area contributed by atoms with E-state index in [9.17, 15) is 4.79 Å². The summed E-state index contributed by atoms with van der Waals surface area (Å²) in [7, 11) is 0. The van der Waals surface area contributed by atoms with Gasteiger partial charge in [0.1, 0.15) is 18.3 Å². The lowest BCUT2D eigenvalue weighted by Crippen LogP contribution is -2.49. The number of hydrogen-bond donors (Lipinski definition) is 1. The fourth-order valence-corrected chi connectivity index (χ4v) is 2.53. The fraction of sp³-hybridized carbons (Fsp3) is 0.500. The number of pyridine rings is 1. The Morgan fingerprint density at radius 3 is 2.83 bits per heavy atom. The molecule has 1 fully saturated rings. The molecule has 0 aromatic carbocycles. The zero-order valence-electron chi connectivity index (χ0n) is 14.1. The molecule has 2 aromatic rings. The van der Waals surface area contributed by atoms with Gasteiger partial charge in [-0.3, -0.25) is 0 Å². The Morgan fingerprint density at radius 2 is 2.21 bits per heavy atom. The van der Waals surface area contributed by atoms with E-state index in [4.69, 9.17) is 4.74 Å². The summed E-state index contributed by atoms with van der Waals surface area (Å²) in [5, 5.41) is 7.47. The van der Waals surface area contributed by atoms with Crippen LogP contribution >= 0.6 is 0 Å². The van der Waals surface area contributed by atoms with E-state index in [1.165, 1.54) is 6.33 Å². The summed E-state index contributed by atoms with van der Waals surface area (Å²) in [6.45, 7) is 7.52. The van der Waals surface area contributed by atoms with Gasteiger partial charge in [0, 0.05) is 25.8 Å². The lowest BCUT2D eigenvalue weighted by atomic mass is 10.1. The Hall–Kier alpha value is -2.48. The van der Waals surface area contributed by atoms with E-state index >= 15 is 0 Å². The van der Waals surface area contributed by atoms with Gasteiger partial charge in [-0.15, -0.1) is 0 Å². The lowest BCUT2D eigenvalue weighted by Gasteiger charge is -2.35. The van der Waals surface area contributed by atoms with Crippen molar-refractivity contribution in [2.75, 3.05) is 19.6 Å². The third-order valence-electron chi connectivity index (χ3n) is 3.65. The summed E-state index contributed by atoms with van der Waals surface area (Å²) in [5.74, 6) is 0.705. The highest BCUT2D eigenvalue weighted by molar-refractivity contribution is 5.68. The van der Waals surface area contributed by atoms with Crippen LogP contribution in [0.1, 0.15) is 32.4 Å². The average molecular weight is 330 g/mol. The topological polar surface area (TPSA) is 85.2 Å². The first-order valence-electron chi connectivity index (χ1n) is 7.95. The van der Waals surface area contributed by atoms with Crippen molar-refractivity contribution in [2.24, 2.45) is 0 Å². The molecule has 1 aliphatic rings. The third-order valence-corrected chi connectivity index (χ3v) is 3.65. The van der Waals surface area contributed by atoms with Crippen LogP contribution in [0.25, 0.3) is 5.82 Å². The Balaban J connectivity index is 1.67. The monoisotopic (exact) mass is 330 g/mol. The minimum atomic E-state index is -0.488. The van der Waals surface area contributed by atoms with Crippen LogP contribution in [0.4, 0.5) is 4.79 Å². The van der Waals surface area contributed by atoms with Crippen molar-refractivity contribution in [2.45, 2.75) is 32.4 Å². The van der Waals surface area contributed by atoms with Crippen molar-refractivity contribution in [3.63, 3.8) is 0 Å². The summed E-state index contributed by atoms with van der Waals surface area (Å²) in [6.07, 6.45) is 4.59. The van der Waals surface area contributed by atoms with Crippen molar-refractivity contribution < 1.29 is 9.53 Å². The number of hydrogen-bond acceptors (Lipinski definition) is 6. The van der Waals surface area contributed by atoms with Gasteiger partial charge in [-0.05, 0) is 32.4 Å². The number of nitrogens with one attached hydrogen (secondary N) is 1. The molecule has 24 heavy (non-hydrogen) atoms. The zero-order valence-corrected chi connectivity index (χ0v) is 14.1. The first-order valence-corrected chi connectivity index (χ1v) is 7.95. The van der Waals surface area contributed by atoms with Crippen LogP contribution in [0, 0.1) is 0 Å². The van der Waals surface area contributed by atoms with Crippen LogP contribution in [0.3, 0.4) is 0 Å². The lowest BCUT2D eigenvalue weighted by molar-refractivity contribution is 0.0195. The quantitative estimate of drug-likeness (QED) is 0.899. The maximum atomic E-state index is 12.2. The van der Waals surface area contributed by atoms with Crippen LogP contribution in [0.5, 0.6) is 0 Å². The maximum absolute atomic E-state index is 12.2. The van der Waals surface area contributed by atoms with Gasteiger partial charge in [-0.25, -0.2) is 19.4 Å². The zero-order chi connectivity index (χ0) is 17.2. The van der Waals surface area contributed by atoms with Gasteiger partial charge in [0.2, 0.25) is 0 Å². The second-order valence-electron chi connectivity index (χ2n) is 6.72. The molecular weight excluding hydrogens is 308 g/mol. The first-order chi connectivity index (χ1) is 11.4. The van der Waals surface area contributed by atoms with E-state index in [0.717, 1.165) is 12.1 Å². The molecule has 0 radical (unpaired) electrons. The van der Waals surface area contributed by atoms with E-state index in [1.807, 2.05) is 32.9 Å². The normalized spacial score (nSPS) is 18.5. The minimum Gasteiger partial charge on any atom is -0.444 e. The van der Waals surface area contributed by atoms with Crippen molar-refractivity contribution in [3.05, 3.63) is 36.5 Å². The number of nitrogens with zero attached hydrogens (tertiary/aromatic N) is 5. The van der Waals surface area contributed by atoms with E-state index in [1.54, 1.807) is 22.1 Å². The molecule has 8 heteroatoms. The number of amides is 1. The standard InChI is InChI=1S/C16H22N6O2/c1-16(2,3)24-15(23)21-7-6-18-13(9-21)12-4-5-14(19-8-12)22-11-17-10-20-22/h4-5,8,10-11,13,18H,6-7,9H2,1-3H3. The van der Waals surface area contributed by atoms with Crippen molar-refractivity contribution >= 4 is 6.09 Å². The van der Waals surface area contributed by atoms with Gasteiger partial charge >= 0.3 is 6.09 Å². The van der Waals surface area contributed by atoms with Crippen LogP contribution in [0.15, 0.2) is 31.0 Å². The number of ether oxygens (including phenoxy) is 1. The minimum absolute atomic E-state index is 0.0311. The molecule has 0 bridgehead atoms. The van der Waals surface area contributed by atoms with E-state index in [-0.39, 0.29) is 12.1 Å². The summed E-state index contributed by atoms with van der Waals surface area (Å²) in [6, 6.07) is 3.90. The maximum Gasteiger partial charge on any atom is 0.410 e. The molecule has 1 saturated heterocycles. The molecule has 0 aliphatic carbocycles. The highest BCUT2D eigenvalue weighted by Gasteiger charge is 2.28. The number of carbonyl (C=O) groups is 1. The fourth-order valence-electron chi connectivity index (χ4n) is 2.53. The van der Waals surface area contributed by atoms with E-state index in [2.05, 4.69) is 20.4 Å². The van der Waals surface area contributed by atoms with Gasteiger partial charge in [-0.2, -0.15) is 5.10 Å². The number of carbonyl (C=O) groups excluding carboxylic acids is 1. The second kappa shape index (κ2) is 6.56. The summed E-state index contributed by atoms with van der Waals surface area (Å²) < 4.78 is 7.06. The molecule has 3 heterocycles.